The van der Waals surface area contributed by atoms with Gasteiger partial charge in [-0.15, -0.1) is 0 Å². The number of ether oxygens (including phenoxy) is 1. The third-order valence-electron chi connectivity index (χ3n) is 4.17. The van der Waals surface area contributed by atoms with E-state index in [1.54, 1.807) is 6.07 Å². The fraction of sp³-hybridized carbons (Fsp3) is 0.150. The maximum atomic E-state index is 11.3. The van der Waals surface area contributed by atoms with Crippen molar-refractivity contribution in [2.75, 3.05) is 7.11 Å². The first-order chi connectivity index (χ1) is 11.6. The smallest absolute Gasteiger partial charge is 0.307 e. The van der Waals surface area contributed by atoms with E-state index < -0.39 is 0 Å². The van der Waals surface area contributed by atoms with E-state index in [-0.39, 0.29) is 24.2 Å². The van der Waals surface area contributed by atoms with Crippen LogP contribution in [0.1, 0.15) is 18.0 Å². The number of hydrogen-bond donors (Lipinski definition) is 2. The van der Waals surface area contributed by atoms with Crippen LogP contribution in [0.3, 0.4) is 0 Å². The van der Waals surface area contributed by atoms with E-state index in [1.165, 1.54) is 7.11 Å². The number of benzene rings is 3. The highest BCUT2D eigenvalue weighted by Crippen LogP contribution is 2.34. The zero-order valence-electron chi connectivity index (χ0n) is 13.4. The number of aromatic hydroxyl groups is 1. The molecule has 1 atom stereocenters. The van der Waals surface area contributed by atoms with Gasteiger partial charge in [0.25, 0.3) is 0 Å². The van der Waals surface area contributed by atoms with Crippen LogP contribution in [0, 0.1) is 0 Å². The molecule has 4 nitrogen and oxygen atoms in total. The van der Waals surface area contributed by atoms with Crippen LogP contribution in [0.2, 0.25) is 0 Å². The molecule has 0 aliphatic rings. The molecule has 24 heavy (non-hydrogen) atoms. The maximum Gasteiger partial charge on any atom is 0.307 e. The zero-order chi connectivity index (χ0) is 17.1. The summed E-state index contributed by atoms with van der Waals surface area (Å²) >= 11 is 0. The average Bonchev–Trinajstić information content (AvgIpc) is 2.62. The number of nitrogens with two attached hydrogens (primary N) is 1. The summed E-state index contributed by atoms with van der Waals surface area (Å²) in [6.45, 7) is 0. The molecule has 0 saturated carbocycles. The lowest BCUT2D eigenvalue weighted by Crippen LogP contribution is -2.16. The standard InChI is InChI=1S/C20H19NO3/c1-24-20(23)12-18(21)14-8-6-13(7-9-14)15-10-11-19(22)17-5-3-2-4-16(15)17/h2-11,18,22H,12,21H2,1H3/t18-/m0/s1. The van der Waals surface area contributed by atoms with Gasteiger partial charge >= 0.3 is 5.97 Å². The normalized spacial score (nSPS) is 12.1. The number of esters is 1. The Kier molecular flexibility index (Phi) is 4.49. The van der Waals surface area contributed by atoms with Crippen molar-refractivity contribution >= 4 is 16.7 Å². The molecule has 4 heteroatoms. The van der Waals surface area contributed by atoms with Crippen LogP contribution in [0.4, 0.5) is 0 Å². The van der Waals surface area contributed by atoms with Crippen LogP contribution in [0.5, 0.6) is 5.75 Å². The Morgan fingerprint density at radius 1 is 1.04 bits per heavy atom. The summed E-state index contributed by atoms with van der Waals surface area (Å²) in [5, 5.41) is 11.8. The van der Waals surface area contributed by atoms with Crippen molar-refractivity contribution in [3.63, 3.8) is 0 Å². The van der Waals surface area contributed by atoms with E-state index in [4.69, 9.17) is 5.73 Å². The van der Waals surface area contributed by atoms with E-state index in [0.29, 0.717) is 0 Å². The summed E-state index contributed by atoms with van der Waals surface area (Å²) in [6.07, 6.45) is 0.151. The van der Waals surface area contributed by atoms with Gasteiger partial charge in [-0.05, 0) is 28.1 Å². The van der Waals surface area contributed by atoms with Crippen molar-refractivity contribution in [1.82, 2.24) is 0 Å². The Morgan fingerprint density at radius 2 is 1.71 bits per heavy atom. The van der Waals surface area contributed by atoms with Gasteiger partial charge in [-0.1, -0.05) is 54.6 Å². The van der Waals surface area contributed by atoms with Crippen LogP contribution < -0.4 is 5.73 Å². The highest BCUT2D eigenvalue weighted by molar-refractivity contribution is 5.99. The van der Waals surface area contributed by atoms with Gasteiger partial charge < -0.3 is 15.6 Å². The average molecular weight is 321 g/mol. The molecule has 0 fully saturated rings. The third-order valence-corrected chi connectivity index (χ3v) is 4.17. The first-order valence-corrected chi connectivity index (χ1v) is 7.73. The summed E-state index contributed by atoms with van der Waals surface area (Å²) < 4.78 is 4.65. The molecule has 3 rings (SSSR count). The lowest BCUT2D eigenvalue weighted by molar-refractivity contribution is -0.141. The minimum Gasteiger partial charge on any atom is -0.507 e. The molecule has 122 valence electrons. The van der Waals surface area contributed by atoms with E-state index in [1.807, 2.05) is 54.6 Å². The van der Waals surface area contributed by atoms with E-state index in [9.17, 15) is 9.90 Å². The quantitative estimate of drug-likeness (QED) is 0.717. The Morgan fingerprint density at radius 3 is 2.38 bits per heavy atom. The van der Waals surface area contributed by atoms with Gasteiger partial charge in [-0.2, -0.15) is 0 Å². The molecule has 0 aliphatic heterocycles. The molecule has 0 aliphatic carbocycles. The number of rotatable bonds is 4. The summed E-state index contributed by atoms with van der Waals surface area (Å²) in [4.78, 5) is 11.3. The number of methoxy groups -OCH3 is 1. The van der Waals surface area contributed by atoms with Crippen molar-refractivity contribution in [2.45, 2.75) is 12.5 Å². The molecular weight excluding hydrogens is 302 g/mol. The number of carbonyl (C=O) groups excluding carboxylic acids is 1. The number of hydrogen-bond acceptors (Lipinski definition) is 4. The van der Waals surface area contributed by atoms with Crippen molar-refractivity contribution in [2.24, 2.45) is 5.73 Å². The first-order valence-electron chi connectivity index (χ1n) is 7.73. The molecule has 0 amide bonds. The molecule has 0 heterocycles. The van der Waals surface area contributed by atoms with Crippen molar-refractivity contribution in [3.05, 3.63) is 66.2 Å². The van der Waals surface area contributed by atoms with E-state index in [0.717, 1.165) is 27.5 Å². The predicted molar refractivity (Wildman–Crippen MR) is 94.6 cm³/mol. The minimum atomic E-state index is -0.386. The molecule has 0 saturated heterocycles. The van der Waals surface area contributed by atoms with Crippen LogP contribution in [-0.2, 0) is 9.53 Å². The fourth-order valence-electron chi connectivity index (χ4n) is 2.83. The largest absolute Gasteiger partial charge is 0.507 e. The molecule has 0 spiro atoms. The fourth-order valence-corrected chi connectivity index (χ4v) is 2.83. The summed E-state index contributed by atoms with van der Waals surface area (Å²) in [6, 6.07) is 18.8. The summed E-state index contributed by atoms with van der Waals surface area (Å²) in [5.74, 6) is -0.0535. The predicted octanol–water partition coefficient (Wildman–Crippen LogP) is 3.78. The van der Waals surface area contributed by atoms with Gasteiger partial charge in [-0.25, -0.2) is 0 Å². The van der Waals surface area contributed by atoms with Crippen LogP contribution in [0.15, 0.2) is 60.7 Å². The van der Waals surface area contributed by atoms with Crippen LogP contribution in [0.25, 0.3) is 21.9 Å². The molecular formula is C20H19NO3. The Bertz CT molecular complexity index is 872. The first kappa shape index (κ1) is 16.0. The van der Waals surface area contributed by atoms with Gasteiger partial charge in [0.2, 0.25) is 0 Å². The van der Waals surface area contributed by atoms with Crippen LogP contribution >= 0.6 is 0 Å². The second kappa shape index (κ2) is 6.72. The van der Waals surface area contributed by atoms with Crippen molar-refractivity contribution in [3.8, 4) is 16.9 Å². The van der Waals surface area contributed by atoms with Gasteiger partial charge in [0.15, 0.2) is 0 Å². The van der Waals surface area contributed by atoms with Crippen molar-refractivity contribution in [1.29, 1.82) is 0 Å². The van der Waals surface area contributed by atoms with Gasteiger partial charge in [0, 0.05) is 11.4 Å². The second-order valence-electron chi connectivity index (χ2n) is 5.69. The minimum absolute atomic E-state index is 0.151. The highest BCUT2D eigenvalue weighted by atomic mass is 16.5. The topological polar surface area (TPSA) is 72.5 Å². The third kappa shape index (κ3) is 3.09. The summed E-state index contributed by atoms with van der Waals surface area (Å²) in [5.41, 5.74) is 8.98. The molecule has 3 aromatic rings. The van der Waals surface area contributed by atoms with Gasteiger partial charge in [0.05, 0.1) is 13.5 Å². The van der Waals surface area contributed by atoms with Gasteiger partial charge in [0.1, 0.15) is 5.75 Å². The Balaban J connectivity index is 1.94. The number of fused-ring (bicyclic) bond motifs is 1. The summed E-state index contributed by atoms with van der Waals surface area (Å²) in [7, 11) is 1.36. The van der Waals surface area contributed by atoms with Crippen molar-refractivity contribution < 1.29 is 14.6 Å². The lowest BCUT2D eigenvalue weighted by atomic mass is 9.95. The zero-order valence-corrected chi connectivity index (χ0v) is 13.4. The molecule has 0 aromatic heterocycles. The highest BCUT2D eigenvalue weighted by Gasteiger charge is 2.12. The van der Waals surface area contributed by atoms with E-state index in [2.05, 4.69) is 4.74 Å². The number of phenols is 1. The molecule has 0 unspecified atom stereocenters. The molecule has 3 aromatic carbocycles. The van der Waals surface area contributed by atoms with Gasteiger partial charge in [-0.3, -0.25) is 4.79 Å². The molecule has 0 radical (unpaired) electrons. The SMILES string of the molecule is COC(=O)C[C@H](N)c1ccc(-c2ccc(O)c3ccccc23)cc1. The number of carbonyl (C=O) groups is 1. The van der Waals surface area contributed by atoms with E-state index >= 15 is 0 Å². The lowest BCUT2D eigenvalue weighted by Gasteiger charge is -2.13. The maximum absolute atomic E-state index is 11.3. The molecule has 0 bridgehead atoms. The Labute approximate surface area is 140 Å². The monoisotopic (exact) mass is 321 g/mol. The number of phenolic OH excluding ortho intramolecular Hbond substituents is 1. The van der Waals surface area contributed by atoms with Crippen LogP contribution in [-0.4, -0.2) is 18.2 Å². The molecule has 3 N–H and O–H groups in total. The Hall–Kier alpha value is -2.85. The second-order valence-corrected chi connectivity index (χ2v) is 5.69.